The molecule has 0 aliphatic carbocycles. The Kier molecular flexibility index (Phi) is 4.10. The second-order valence-electron chi connectivity index (χ2n) is 3.21. The standard InChI is InChI=1S/C10H9F4NO3/c1-2-18-9(17)7-6(16)3-5(4-11)15-8(7)10(12,13)14/h3H,2,4H2,1H3,(H,15,16). The first-order valence-electron chi connectivity index (χ1n) is 4.84. The average Bonchev–Trinajstić information content (AvgIpc) is 2.26. The highest BCUT2D eigenvalue weighted by Crippen LogP contribution is 2.35. The van der Waals surface area contributed by atoms with Gasteiger partial charge in [0.25, 0.3) is 0 Å². The van der Waals surface area contributed by atoms with E-state index >= 15 is 0 Å². The summed E-state index contributed by atoms with van der Waals surface area (Å²) in [6.45, 7) is -0.0637. The number of alkyl halides is 4. The van der Waals surface area contributed by atoms with Crippen LogP contribution < -0.4 is 0 Å². The fraction of sp³-hybridized carbons (Fsp3) is 0.400. The van der Waals surface area contributed by atoms with Gasteiger partial charge in [-0.3, -0.25) is 0 Å². The SMILES string of the molecule is CCOC(=O)c1c(O)cc(CF)nc1C(F)(F)F. The molecule has 0 atom stereocenters. The lowest BCUT2D eigenvalue weighted by Gasteiger charge is -2.13. The van der Waals surface area contributed by atoms with Crippen molar-refractivity contribution in [1.29, 1.82) is 0 Å². The monoisotopic (exact) mass is 267 g/mol. The lowest BCUT2D eigenvalue weighted by molar-refractivity contribution is -0.142. The van der Waals surface area contributed by atoms with Crippen molar-refractivity contribution in [1.82, 2.24) is 4.98 Å². The number of carbonyl (C=O) groups excluding carboxylic acids is 1. The first-order chi connectivity index (χ1) is 8.31. The Bertz CT molecular complexity index is 459. The van der Waals surface area contributed by atoms with Gasteiger partial charge in [-0.15, -0.1) is 0 Å². The number of hydrogen-bond donors (Lipinski definition) is 1. The van der Waals surface area contributed by atoms with E-state index in [9.17, 15) is 27.5 Å². The molecule has 1 rings (SSSR count). The van der Waals surface area contributed by atoms with Crippen molar-refractivity contribution in [2.24, 2.45) is 0 Å². The zero-order chi connectivity index (χ0) is 13.9. The molecule has 0 bridgehead atoms. The molecule has 0 spiro atoms. The van der Waals surface area contributed by atoms with E-state index in [1.54, 1.807) is 0 Å². The number of hydrogen-bond acceptors (Lipinski definition) is 4. The van der Waals surface area contributed by atoms with Gasteiger partial charge in [0.1, 0.15) is 18.0 Å². The van der Waals surface area contributed by atoms with Gasteiger partial charge >= 0.3 is 12.1 Å². The number of carbonyl (C=O) groups is 1. The molecule has 18 heavy (non-hydrogen) atoms. The number of nitrogens with zero attached hydrogens (tertiary/aromatic N) is 1. The molecule has 1 N–H and O–H groups in total. The van der Waals surface area contributed by atoms with Crippen LogP contribution in [-0.2, 0) is 17.6 Å². The summed E-state index contributed by atoms with van der Waals surface area (Å²) in [5.74, 6) is -2.37. The summed E-state index contributed by atoms with van der Waals surface area (Å²) in [6, 6.07) is 0.654. The van der Waals surface area contributed by atoms with Crippen LogP contribution in [0.4, 0.5) is 17.6 Å². The zero-order valence-electron chi connectivity index (χ0n) is 9.21. The van der Waals surface area contributed by atoms with Crippen molar-refractivity contribution in [2.45, 2.75) is 19.8 Å². The number of pyridine rings is 1. The Labute approximate surface area is 99.2 Å². The molecule has 1 heterocycles. The van der Waals surface area contributed by atoms with E-state index in [2.05, 4.69) is 9.72 Å². The molecule has 0 unspecified atom stereocenters. The Morgan fingerprint density at radius 2 is 2.11 bits per heavy atom. The van der Waals surface area contributed by atoms with Crippen molar-refractivity contribution in [3.05, 3.63) is 23.0 Å². The minimum Gasteiger partial charge on any atom is -0.507 e. The largest absolute Gasteiger partial charge is 0.507 e. The topological polar surface area (TPSA) is 59.4 Å². The van der Waals surface area contributed by atoms with E-state index in [-0.39, 0.29) is 6.61 Å². The van der Waals surface area contributed by atoms with Gasteiger partial charge in [-0.2, -0.15) is 13.2 Å². The number of aromatic hydroxyl groups is 1. The van der Waals surface area contributed by atoms with Crippen molar-refractivity contribution in [3.63, 3.8) is 0 Å². The number of ether oxygens (including phenoxy) is 1. The Morgan fingerprint density at radius 3 is 2.56 bits per heavy atom. The summed E-state index contributed by atoms with van der Waals surface area (Å²) in [5.41, 5.74) is -3.39. The van der Waals surface area contributed by atoms with Gasteiger partial charge in [-0.05, 0) is 6.92 Å². The molecule has 4 nitrogen and oxygen atoms in total. The van der Waals surface area contributed by atoms with Crippen LogP contribution in [0.25, 0.3) is 0 Å². The summed E-state index contributed by atoms with van der Waals surface area (Å²) in [4.78, 5) is 14.3. The van der Waals surface area contributed by atoms with Crippen LogP contribution in [0.15, 0.2) is 6.07 Å². The van der Waals surface area contributed by atoms with E-state index < -0.39 is 41.5 Å². The Morgan fingerprint density at radius 1 is 1.50 bits per heavy atom. The molecule has 1 aromatic heterocycles. The first-order valence-corrected chi connectivity index (χ1v) is 4.84. The third-order valence-electron chi connectivity index (χ3n) is 1.94. The maximum absolute atomic E-state index is 12.6. The summed E-state index contributed by atoms with van der Waals surface area (Å²) in [7, 11) is 0. The normalized spacial score (nSPS) is 11.4. The van der Waals surface area contributed by atoms with Crippen molar-refractivity contribution in [2.75, 3.05) is 6.61 Å². The van der Waals surface area contributed by atoms with Gasteiger partial charge in [-0.25, -0.2) is 14.2 Å². The van der Waals surface area contributed by atoms with E-state index in [4.69, 9.17) is 0 Å². The van der Waals surface area contributed by atoms with Crippen LogP contribution in [0.5, 0.6) is 5.75 Å². The van der Waals surface area contributed by atoms with Crippen LogP contribution in [0, 0.1) is 0 Å². The molecule has 100 valence electrons. The average molecular weight is 267 g/mol. The minimum atomic E-state index is -5.00. The van der Waals surface area contributed by atoms with Gasteiger partial charge in [0.05, 0.1) is 12.3 Å². The summed E-state index contributed by atoms with van der Waals surface area (Å²) >= 11 is 0. The fourth-order valence-electron chi connectivity index (χ4n) is 1.26. The van der Waals surface area contributed by atoms with Gasteiger partial charge < -0.3 is 9.84 Å². The van der Waals surface area contributed by atoms with E-state index in [0.29, 0.717) is 6.07 Å². The molecule has 0 aromatic carbocycles. The van der Waals surface area contributed by atoms with Gasteiger partial charge in [-0.1, -0.05) is 0 Å². The van der Waals surface area contributed by atoms with Crippen LogP contribution in [0.3, 0.4) is 0 Å². The third-order valence-corrected chi connectivity index (χ3v) is 1.94. The molecule has 0 amide bonds. The second kappa shape index (κ2) is 5.19. The predicted molar refractivity (Wildman–Crippen MR) is 51.7 cm³/mol. The van der Waals surface area contributed by atoms with Crippen LogP contribution in [0.1, 0.15) is 28.7 Å². The van der Waals surface area contributed by atoms with Gasteiger partial charge in [0, 0.05) is 6.07 Å². The predicted octanol–water partition coefficient (Wildman–Crippen LogP) is 2.45. The third kappa shape index (κ3) is 2.88. The highest BCUT2D eigenvalue weighted by molar-refractivity contribution is 5.93. The number of halogens is 4. The van der Waals surface area contributed by atoms with Crippen molar-refractivity contribution in [3.8, 4) is 5.75 Å². The summed E-state index contributed by atoms with van der Waals surface area (Å²) in [6.07, 6.45) is -5.00. The van der Waals surface area contributed by atoms with Crippen LogP contribution >= 0.6 is 0 Å². The number of rotatable bonds is 3. The molecule has 0 aliphatic heterocycles. The highest BCUT2D eigenvalue weighted by atomic mass is 19.4. The molecule has 0 aliphatic rings. The molecular weight excluding hydrogens is 258 g/mol. The van der Waals surface area contributed by atoms with Gasteiger partial charge in [0.15, 0.2) is 5.69 Å². The first kappa shape index (κ1) is 14.2. The lowest BCUT2D eigenvalue weighted by atomic mass is 10.1. The highest BCUT2D eigenvalue weighted by Gasteiger charge is 2.40. The van der Waals surface area contributed by atoms with E-state index in [0.717, 1.165) is 0 Å². The summed E-state index contributed by atoms with van der Waals surface area (Å²) < 4.78 is 54.6. The van der Waals surface area contributed by atoms with Crippen molar-refractivity contribution >= 4 is 5.97 Å². The fourth-order valence-corrected chi connectivity index (χ4v) is 1.26. The van der Waals surface area contributed by atoms with Crippen LogP contribution in [-0.4, -0.2) is 22.7 Å². The molecular formula is C10H9F4NO3. The van der Waals surface area contributed by atoms with E-state index in [1.165, 1.54) is 6.92 Å². The molecule has 0 fully saturated rings. The molecule has 0 saturated carbocycles. The summed E-state index contributed by atoms with van der Waals surface area (Å²) in [5, 5.41) is 9.36. The Hall–Kier alpha value is -1.86. The lowest BCUT2D eigenvalue weighted by Crippen LogP contribution is -2.18. The Balaban J connectivity index is 3.43. The second-order valence-corrected chi connectivity index (χ2v) is 3.21. The number of esters is 1. The maximum atomic E-state index is 12.6. The van der Waals surface area contributed by atoms with Crippen molar-refractivity contribution < 1.29 is 32.2 Å². The maximum Gasteiger partial charge on any atom is 0.434 e. The smallest absolute Gasteiger partial charge is 0.434 e. The minimum absolute atomic E-state index is 0.166. The number of aromatic nitrogens is 1. The van der Waals surface area contributed by atoms with Crippen LogP contribution in [0.2, 0.25) is 0 Å². The molecule has 0 saturated heterocycles. The zero-order valence-corrected chi connectivity index (χ0v) is 9.21. The quantitative estimate of drug-likeness (QED) is 0.675. The van der Waals surface area contributed by atoms with Gasteiger partial charge in [0.2, 0.25) is 0 Å². The molecule has 1 aromatic rings. The molecule has 0 radical (unpaired) electrons. The molecule has 8 heteroatoms. The van der Waals surface area contributed by atoms with E-state index in [1.807, 2.05) is 0 Å².